The second-order valence-electron chi connectivity index (χ2n) is 7.49. The Morgan fingerprint density at radius 3 is 2.30 bits per heavy atom. The third-order valence-corrected chi connectivity index (χ3v) is 8.67. The largest absolute Gasteiger partial charge is 0.379 e. The summed E-state index contributed by atoms with van der Waals surface area (Å²) in [5.74, 6) is -0.140. The molecular formula is C21H23FN4O5S2. The van der Waals surface area contributed by atoms with E-state index in [1.807, 2.05) is 0 Å². The first-order valence-corrected chi connectivity index (χ1v) is 13.0. The molecule has 0 radical (unpaired) electrons. The van der Waals surface area contributed by atoms with E-state index in [0.29, 0.717) is 24.6 Å². The summed E-state index contributed by atoms with van der Waals surface area (Å²) < 4.78 is 76.4. The van der Waals surface area contributed by atoms with Crippen molar-refractivity contribution in [2.45, 2.75) is 15.8 Å². The zero-order valence-corrected chi connectivity index (χ0v) is 19.4. The Bertz CT molecular complexity index is 1330. The summed E-state index contributed by atoms with van der Waals surface area (Å²) >= 11 is 0. The number of sulfonamides is 2. The smallest absolute Gasteiger partial charge is 0.243 e. The van der Waals surface area contributed by atoms with Gasteiger partial charge in [0.05, 0.1) is 23.0 Å². The van der Waals surface area contributed by atoms with E-state index in [2.05, 4.69) is 9.71 Å². The highest BCUT2D eigenvalue weighted by atomic mass is 32.2. The molecule has 0 saturated carbocycles. The third kappa shape index (κ3) is 4.99. The molecule has 33 heavy (non-hydrogen) atoms. The average molecular weight is 495 g/mol. The van der Waals surface area contributed by atoms with E-state index in [4.69, 9.17) is 4.74 Å². The Labute approximate surface area is 191 Å². The minimum Gasteiger partial charge on any atom is -0.379 e. The monoisotopic (exact) mass is 494 g/mol. The lowest BCUT2D eigenvalue weighted by Crippen LogP contribution is -2.40. The van der Waals surface area contributed by atoms with Gasteiger partial charge in [-0.15, -0.1) is 0 Å². The summed E-state index contributed by atoms with van der Waals surface area (Å²) in [7, 11) is -6.16. The fourth-order valence-electron chi connectivity index (χ4n) is 3.56. The number of nitrogens with zero attached hydrogens (tertiary/aromatic N) is 3. The van der Waals surface area contributed by atoms with Crippen molar-refractivity contribution >= 4 is 20.0 Å². The maximum atomic E-state index is 13.9. The molecule has 4 rings (SSSR count). The maximum Gasteiger partial charge on any atom is 0.243 e. The lowest BCUT2D eigenvalue weighted by atomic mass is 10.1. The third-order valence-electron chi connectivity index (χ3n) is 5.31. The van der Waals surface area contributed by atoms with Crippen LogP contribution in [0.25, 0.3) is 0 Å². The van der Waals surface area contributed by atoms with Crippen LogP contribution in [0.1, 0.15) is 17.4 Å². The van der Waals surface area contributed by atoms with Crippen LogP contribution in [0.2, 0.25) is 0 Å². The lowest BCUT2D eigenvalue weighted by Gasteiger charge is -2.26. The molecular weight excluding hydrogens is 471 g/mol. The first kappa shape index (κ1) is 23.5. The van der Waals surface area contributed by atoms with E-state index >= 15 is 0 Å². The van der Waals surface area contributed by atoms with E-state index in [0.717, 1.165) is 0 Å². The number of hydrogen-bond donors (Lipinski definition) is 1. The summed E-state index contributed by atoms with van der Waals surface area (Å²) in [6.45, 7) is 1.10. The van der Waals surface area contributed by atoms with Crippen LogP contribution in [0.5, 0.6) is 0 Å². The molecule has 0 bridgehead atoms. The molecule has 1 aliphatic rings. The first-order chi connectivity index (χ1) is 15.7. The van der Waals surface area contributed by atoms with Crippen molar-refractivity contribution in [3.8, 4) is 0 Å². The zero-order valence-electron chi connectivity index (χ0n) is 17.8. The number of aryl methyl sites for hydroxylation is 1. The van der Waals surface area contributed by atoms with Gasteiger partial charge in [0.2, 0.25) is 20.0 Å². The van der Waals surface area contributed by atoms with Crippen LogP contribution in [-0.2, 0) is 31.8 Å². The fraction of sp³-hybridized carbons (Fsp3) is 0.286. The zero-order chi connectivity index (χ0) is 23.6. The Morgan fingerprint density at radius 2 is 1.70 bits per heavy atom. The molecule has 2 aromatic carbocycles. The van der Waals surface area contributed by atoms with Gasteiger partial charge in [0.25, 0.3) is 0 Å². The Morgan fingerprint density at radius 1 is 1.03 bits per heavy atom. The second-order valence-corrected chi connectivity index (χ2v) is 11.1. The Balaban J connectivity index is 1.63. The van der Waals surface area contributed by atoms with Gasteiger partial charge in [-0.2, -0.15) is 9.03 Å². The van der Waals surface area contributed by atoms with Gasteiger partial charge in [-0.25, -0.2) is 26.2 Å². The van der Waals surface area contributed by atoms with Crippen molar-refractivity contribution in [2.75, 3.05) is 26.3 Å². The van der Waals surface area contributed by atoms with Gasteiger partial charge in [-0.05, 0) is 42.0 Å². The van der Waals surface area contributed by atoms with Gasteiger partial charge in [-0.3, -0.25) is 0 Å². The highest BCUT2D eigenvalue weighted by molar-refractivity contribution is 7.89. The van der Waals surface area contributed by atoms with E-state index < -0.39 is 31.9 Å². The highest BCUT2D eigenvalue weighted by Gasteiger charge is 2.29. The van der Waals surface area contributed by atoms with Gasteiger partial charge in [-0.1, -0.05) is 12.1 Å². The van der Waals surface area contributed by atoms with Crippen LogP contribution in [0.15, 0.2) is 70.7 Å². The lowest BCUT2D eigenvalue weighted by molar-refractivity contribution is 0.0730. The van der Waals surface area contributed by atoms with E-state index in [1.165, 1.54) is 53.0 Å². The second kappa shape index (κ2) is 9.31. The molecule has 1 fully saturated rings. The summed E-state index contributed by atoms with van der Waals surface area (Å²) in [5, 5.41) is 0. The average Bonchev–Trinajstić information content (AvgIpc) is 3.23. The van der Waals surface area contributed by atoms with Crippen molar-refractivity contribution in [2.24, 2.45) is 7.05 Å². The van der Waals surface area contributed by atoms with Crippen LogP contribution in [0.3, 0.4) is 0 Å². The number of hydrogen-bond acceptors (Lipinski definition) is 6. The molecule has 176 valence electrons. The summed E-state index contributed by atoms with van der Waals surface area (Å²) in [5.41, 5.74) is 0.374. The quantitative estimate of drug-likeness (QED) is 0.535. The Kier molecular flexibility index (Phi) is 6.64. The van der Waals surface area contributed by atoms with Crippen molar-refractivity contribution in [3.05, 3.63) is 78.1 Å². The molecule has 1 N–H and O–H groups in total. The molecule has 3 aromatic rings. The standard InChI is InChI=1S/C21H23FN4O5S2/c1-25-10-9-23-21(25)20(16-3-2-4-17(22)15-16)24-32(27,28)18-5-7-19(8-6-18)33(29,30)26-11-13-31-14-12-26/h2-10,15,20,24H,11-14H2,1H3. The van der Waals surface area contributed by atoms with Crippen molar-refractivity contribution in [3.63, 3.8) is 0 Å². The number of imidazole rings is 1. The van der Waals surface area contributed by atoms with Crippen LogP contribution in [0, 0.1) is 5.82 Å². The number of morpholine rings is 1. The molecule has 0 amide bonds. The molecule has 0 aliphatic carbocycles. The minimum absolute atomic E-state index is 0.00543. The van der Waals surface area contributed by atoms with Crippen LogP contribution in [-0.4, -0.2) is 57.0 Å². The highest BCUT2D eigenvalue weighted by Crippen LogP contribution is 2.25. The number of nitrogens with one attached hydrogen (secondary N) is 1. The molecule has 1 aliphatic heterocycles. The molecule has 1 saturated heterocycles. The molecule has 9 nitrogen and oxygen atoms in total. The SMILES string of the molecule is Cn1ccnc1C(NS(=O)(=O)c1ccc(S(=O)(=O)N2CCOCC2)cc1)c1cccc(F)c1. The van der Waals surface area contributed by atoms with Crippen LogP contribution >= 0.6 is 0 Å². The molecule has 1 aromatic heterocycles. The minimum atomic E-state index is -4.10. The first-order valence-electron chi connectivity index (χ1n) is 10.1. The van der Waals surface area contributed by atoms with Gasteiger partial charge in [0.15, 0.2) is 0 Å². The molecule has 1 atom stereocenters. The number of benzene rings is 2. The van der Waals surface area contributed by atoms with Crippen LogP contribution in [0.4, 0.5) is 4.39 Å². The summed E-state index contributed by atoms with van der Waals surface area (Å²) in [6.07, 6.45) is 3.17. The number of rotatable bonds is 7. The van der Waals surface area contributed by atoms with E-state index in [1.54, 1.807) is 23.9 Å². The predicted molar refractivity (Wildman–Crippen MR) is 118 cm³/mol. The van der Waals surface area contributed by atoms with E-state index in [9.17, 15) is 21.2 Å². The summed E-state index contributed by atoms with van der Waals surface area (Å²) in [4.78, 5) is 4.09. The normalized spacial score (nSPS) is 16.5. The predicted octanol–water partition coefficient (Wildman–Crippen LogP) is 1.65. The van der Waals surface area contributed by atoms with Gasteiger partial charge < -0.3 is 9.30 Å². The molecule has 12 heteroatoms. The molecule has 2 heterocycles. The van der Waals surface area contributed by atoms with Gasteiger partial charge >= 0.3 is 0 Å². The van der Waals surface area contributed by atoms with Crippen molar-refractivity contribution < 1.29 is 26.0 Å². The molecule has 1 unspecified atom stereocenters. The Hall–Kier alpha value is -2.64. The summed E-state index contributed by atoms with van der Waals surface area (Å²) in [6, 6.07) is 9.62. The van der Waals surface area contributed by atoms with Gasteiger partial charge in [0.1, 0.15) is 17.7 Å². The van der Waals surface area contributed by atoms with Crippen molar-refractivity contribution in [1.29, 1.82) is 0 Å². The van der Waals surface area contributed by atoms with Crippen molar-refractivity contribution in [1.82, 2.24) is 18.6 Å². The molecule has 0 spiro atoms. The topological polar surface area (TPSA) is 111 Å². The number of aromatic nitrogens is 2. The van der Waals surface area contributed by atoms with Gasteiger partial charge in [0, 0.05) is 32.5 Å². The maximum absolute atomic E-state index is 13.9. The fourth-order valence-corrected chi connectivity index (χ4v) is 6.15. The van der Waals surface area contributed by atoms with E-state index in [-0.39, 0.29) is 22.9 Å². The number of ether oxygens (including phenoxy) is 1. The number of halogens is 1. The van der Waals surface area contributed by atoms with Crippen LogP contribution < -0.4 is 4.72 Å².